The molecule has 1 saturated carbocycles. The molecule has 5 heteroatoms. The molecule has 19 heavy (non-hydrogen) atoms. The molecule has 0 aromatic rings. The molecule has 2 atom stereocenters. The van der Waals surface area contributed by atoms with Crippen molar-refractivity contribution in [2.24, 2.45) is 17.6 Å². The fraction of sp³-hybridized carbons (Fsp3) is 0.786. The molecule has 1 rings (SSSR count). The number of unbranched alkanes of at least 4 members (excludes halogenated alkanes) is 1. The van der Waals surface area contributed by atoms with Crippen LogP contribution in [0, 0.1) is 11.8 Å². The van der Waals surface area contributed by atoms with Gasteiger partial charge >= 0.3 is 0 Å². The van der Waals surface area contributed by atoms with Crippen molar-refractivity contribution in [3.8, 4) is 0 Å². The van der Waals surface area contributed by atoms with Gasteiger partial charge in [0.1, 0.15) is 0 Å². The van der Waals surface area contributed by atoms with Crippen LogP contribution in [0.2, 0.25) is 0 Å². The van der Waals surface area contributed by atoms with Crippen molar-refractivity contribution < 1.29 is 14.4 Å². The first-order valence-electron chi connectivity index (χ1n) is 7.09. The van der Waals surface area contributed by atoms with Crippen LogP contribution in [0.25, 0.3) is 0 Å². The predicted octanol–water partition coefficient (Wildman–Crippen LogP) is 1.15. The van der Waals surface area contributed by atoms with Gasteiger partial charge in [-0.3, -0.25) is 14.4 Å². The lowest BCUT2D eigenvalue weighted by Gasteiger charge is -2.18. The maximum atomic E-state index is 12.0. The van der Waals surface area contributed by atoms with Crippen molar-refractivity contribution in [1.29, 1.82) is 0 Å². The second-order valence-electron chi connectivity index (χ2n) is 5.51. The summed E-state index contributed by atoms with van der Waals surface area (Å²) in [6, 6.07) is -0.735. The first kappa shape index (κ1) is 15.7. The zero-order chi connectivity index (χ0) is 14.4. The van der Waals surface area contributed by atoms with Gasteiger partial charge < -0.3 is 11.1 Å². The van der Waals surface area contributed by atoms with Crippen LogP contribution in [0.15, 0.2) is 0 Å². The van der Waals surface area contributed by atoms with Crippen LogP contribution in [0.5, 0.6) is 0 Å². The molecule has 0 heterocycles. The second kappa shape index (κ2) is 7.26. The number of nitrogens with two attached hydrogens (primary N) is 1. The summed E-state index contributed by atoms with van der Waals surface area (Å²) in [5.41, 5.74) is 5.03. The number of hydrogen-bond donors (Lipinski definition) is 2. The van der Waals surface area contributed by atoms with Crippen LogP contribution in [-0.2, 0) is 14.4 Å². The molecule has 0 bridgehead atoms. The van der Waals surface area contributed by atoms with E-state index in [2.05, 4.69) is 12.2 Å². The molecule has 0 aromatic carbocycles. The van der Waals surface area contributed by atoms with Crippen molar-refractivity contribution in [2.75, 3.05) is 0 Å². The van der Waals surface area contributed by atoms with Gasteiger partial charge in [0.15, 0.2) is 0 Å². The Morgan fingerprint density at radius 1 is 1.32 bits per heavy atom. The highest BCUT2D eigenvalue weighted by Crippen LogP contribution is 2.33. The van der Waals surface area contributed by atoms with Gasteiger partial charge in [0.2, 0.25) is 11.7 Å². The van der Waals surface area contributed by atoms with E-state index >= 15 is 0 Å². The summed E-state index contributed by atoms with van der Waals surface area (Å²) in [6.07, 6.45) is 5.46. The Kier molecular flexibility index (Phi) is 5.99. The topological polar surface area (TPSA) is 89.3 Å². The Hall–Kier alpha value is -1.39. The quantitative estimate of drug-likeness (QED) is 0.615. The lowest BCUT2D eigenvalue weighted by molar-refractivity contribution is -0.139. The molecule has 0 aliphatic heterocycles. The standard InChI is InChI=1S/C14H24N2O3/c1-3-4-5-9(2)14(19)16-11(8-10-6-7-10)12(17)13(15)18/h9-11H,3-8H2,1-2H3,(H2,15,18)(H,16,19). The van der Waals surface area contributed by atoms with E-state index in [1.807, 2.05) is 6.92 Å². The Balaban J connectivity index is 2.52. The Bertz CT molecular complexity index is 351. The Labute approximate surface area is 114 Å². The zero-order valence-electron chi connectivity index (χ0n) is 11.8. The fourth-order valence-corrected chi connectivity index (χ4v) is 2.05. The van der Waals surface area contributed by atoms with Crippen molar-refractivity contribution in [1.82, 2.24) is 5.32 Å². The maximum absolute atomic E-state index is 12.0. The third-order valence-corrected chi connectivity index (χ3v) is 3.58. The zero-order valence-corrected chi connectivity index (χ0v) is 11.8. The van der Waals surface area contributed by atoms with Crippen LogP contribution >= 0.6 is 0 Å². The highest BCUT2D eigenvalue weighted by Gasteiger charge is 2.33. The van der Waals surface area contributed by atoms with E-state index < -0.39 is 17.7 Å². The molecule has 5 nitrogen and oxygen atoms in total. The molecule has 0 radical (unpaired) electrons. The predicted molar refractivity (Wildman–Crippen MR) is 72.2 cm³/mol. The summed E-state index contributed by atoms with van der Waals surface area (Å²) in [4.78, 5) is 34.6. The molecule has 0 aromatic heterocycles. The number of ketones is 1. The molecule has 2 unspecified atom stereocenters. The SMILES string of the molecule is CCCCC(C)C(=O)NC(CC1CC1)C(=O)C(N)=O. The van der Waals surface area contributed by atoms with Crippen LogP contribution in [-0.4, -0.2) is 23.6 Å². The average Bonchev–Trinajstić information content (AvgIpc) is 3.17. The fourth-order valence-electron chi connectivity index (χ4n) is 2.05. The molecule has 108 valence electrons. The summed E-state index contributed by atoms with van der Waals surface area (Å²) >= 11 is 0. The first-order chi connectivity index (χ1) is 8.95. The number of Topliss-reactive ketones (excluding diaryl/α,β-unsaturated/α-hetero) is 1. The molecule has 1 fully saturated rings. The normalized spacial score (nSPS) is 17.6. The third-order valence-electron chi connectivity index (χ3n) is 3.58. The van der Waals surface area contributed by atoms with Gasteiger partial charge in [-0.05, 0) is 18.8 Å². The van der Waals surface area contributed by atoms with Crippen molar-refractivity contribution >= 4 is 17.6 Å². The van der Waals surface area contributed by atoms with E-state index in [4.69, 9.17) is 5.73 Å². The largest absolute Gasteiger partial charge is 0.363 e. The Morgan fingerprint density at radius 2 is 1.95 bits per heavy atom. The first-order valence-corrected chi connectivity index (χ1v) is 7.09. The van der Waals surface area contributed by atoms with Crippen LogP contribution in [0.4, 0.5) is 0 Å². The molecule has 3 N–H and O–H groups in total. The van der Waals surface area contributed by atoms with Gasteiger partial charge in [0.25, 0.3) is 5.91 Å². The second-order valence-corrected chi connectivity index (χ2v) is 5.51. The number of nitrogens with one attached hydrogen (secondary N) is 1. The third kappa shape index (κ3) is 5.41. The van der Waals surface area contributed by atoms with Gasteiger partial charge in [-0.1, -0.05) is 39.5 Å². The number of primary amides is 1. The summed E-state index contributed by atoms with van der Waals surface area (Å²) < 4.78 is 0. The number of carbonyl (C=O) groups is 3. The van der Waals surface area contributed by atoms with Gasteiger partial charge in [0.05, 0.1) is 6.04 Å². The van der Waals surface area contributed by atoms with Gasteiger partial charge in [0, 0.05) is 5.92 Å². The minimum atomic E-state index is -0.966. The molecule has 2 amide bonds. The lowest BCUT2D eigenvalue weighted by atomic mass is 10.0. The van der Waals surface area contributed by atoms with Crippen molar-refractivity contribution in [2.45, 2.75) is 58.4 Å². The molecule has 1 aliphatic carbocycles. The number of amides is 2. The molecular formula is C14H24N2O3. The van der Waals surface area contributed by atoms with Crippen LogP contribution < -0.4 is 11.1 Å². The van der Waals surface area contributed by atoms with Crippen LogP contribution in [0.3, 0.4) is 0 Å². The number of rotatable bonds is 9. The van der Waals surface area contributed by atoms with E-state index in [1.165, 1.54) is 0 Å². The smallest absolute Gasteiger partial charge is 0.287 e. The molecule has 0 saturated heterocycles. The van der Waals surface area contributed by atoms with E-state index in [9.17, 15) is 14.4 Å². The molecule has 0 spiro atoms. The van der Waals surface area contributed by atoms with Crippen molar-refractivity contribution in [3.05, 3.63) is 0 Å². The van der Waals surface area contributed by atoms with Gasteiger partial charge in [-0.15, -0.1) is 0 Å². The van der Waals surface area contributed by atoms with E-state index in [0.717, 1.165) is 32.1 Å². The summed E-state index contributed by atoms with van der Waals surface area (Å²) in [7, 11) is 0. The Morgan fingerprint density at radius 3 is 2.42 bits per heavy atom. The van der Waals surface area contributed by atoms with Gasteiger partial charge in [-0.2, -0.15) is 0 Å². The summed E-state index contributed by atoms with van der Waals surface area (Å²) in [5.74, 6) is -1.49. The summed E-state index contributed by atoms with van der Waals surface area (Å²) in [5, 5.41) is 2.69. The number of hydrogen-bond acceptors (Lipinski definition) is 3. The lowest BCUT2D eigenvalue weighted by Crippen LogP contribution is -2.47. The maximum Gasteiger partial charge on any atom is 0.287 e. The van der Waals surface area contributed by atoms with Crippen molar-refractivity contribution in [3.63, 3.8) is 0 Å². The van der Waals surface area contributed by atoms with Crippen LogP contribution in [0.1, 0.15) is 52.4 Å². The molecular weight excluding hydrogens is 244 g/mol. The number of carbonyl (C=O) groups excluding carboxylic acids is 3. The highest BCUT2D eigenvalue weighted by atomic mass is 16.2. The minimum Gasteiger partial charge on any atom is -0.363 e. The average molecular weight is 268 g/mol. The van der Waals surface area contributed by atoms with E-state index in [-0.39, 0.29) is 11.8 Å². The summed E-state index contributed by atoms with van der Waals surface area (Å²) in [6.45, 7) is 3.91. The minimum absolute atomic E-state index is 0.137. The van der Waals surface area contributed by atoms with Gasteiger partial charge in [-0.25, -0.2) is 0 Å². The molecule has 1 aliphatic rings. The monoisotopic (exact) mass is 268 g/mol. The highest BCUT2D eigenvalue weighted by molar-refractivity contribution is 6.37. The van der Waals surface area contributed by atoms with E-state index in [0.29, 0.717) is 12.3 Å². The van der Waals surface area contributed by atoms with E-state index in [1.54, 1.807) is 0 Å².